The van der Waals surface area contributed by atoms with Gasteiger partial charge >= 0.3 is 0 Å². The predicted octanol–water partition coefficient (Wildman–Crippen LogP) is 2.72. The van der Waals surface area contributed by atoms with E-state index in [-0.39, 0.29) is 12.3 Å². The first-order valence-corrected chi connectivity index (χ1v) is 10.1. The van der Waals surface area contributed by atoms with E-state index in [2.05, 4.69) is 4.72 Å². The second-order valence-corrected chi connectivity index (χ2v) is 8.21. The van der Waals surface area contributed by atoms with Gasteiger partial charge in [-0.2, -0.15) is 0 Å². The second kappa shape index (κ2) is 8.13. The van der Waals surface area contributed by atoms with E-state index >= 15 is 0 Å². The second-order valence-electron chi connectivity index (χ2n) is 5.99. The van der Waals surface area contributed by atoms with Crippen LogP contribution in [0.2, 0.25) is 5.02 Å². The zero-order valence-electron chi connectivity index (χ0n) is 13.3. The number of carbonyl (C=O) groups is 1. The van der Waals surface area contributed by atoms with E-state index in [4.69, 9.17) is 11.6 Å². The molecule has 2 rings (SSSR count). The van der Waals surface area contributed by atoms with Crippen LogP contribution in [0.4, 0.5) is 0 Å². The molecule has 1 aromatic rings. The van der Waals surface area contributed by atoms with Crippen LogP contribution in [0.25, 0.3) is 0 Å². The van der Waals surface area contributed by atoms with Crippen LogP contribution >= 0.6 is 11.6 Å². The zero-order chi connectivity index (χ0) is 16.9. The van der Waals surface area contributed by atoms with Crippen LogP contribution in [-0.2, 0) is 14.8 Å². The van der Waals surface area contributed by atoms with Crippen LogP contribution in [0.5, 0.6) is 0 Å². The van der Waals surface area contributed by atoms with Gasteiger partial charge in [-0.15, -0.1) is 0 Å². The number of rotatable bonds is 5. The molecule has 1 fully saturated rings. The standard InChI is InChI=1S/C16H23ClN2O3S/c1-23(21,22)18-15(13-6-8-14(17)9-7-13)12-16(20)19-10-4-2-3-5-11-19/h6-9,15,18H,2-5,10-12H2,1H3. The number of nitrogens with zero attached hydrogens (tertiary/aromatic N) is 1. The Hall–Kier alpha value is -1.11. The lowest BCUT2D eigenvalue weighted by Crippen LogP contribution is -2.36. The molecule has 1 amide bonds. The Morgan fingerprint density at radius 1 is 1.17 bits per heavy atom. The lowest BCUT2D eigenvalue weighted by atomic mass is 10.0. The van der Waals surface area contributed by atoms with E-state index in [1.54, 1.807) is 24.3 Å². The number of likely N-dealkylation sites (tertiary alicyclic amines) is 1. The number of nitrogens with one attached hydrogen (secondary N) is 1. The van der Waals surface area contributed by atoms with Gasteiger partial charge in [0.25, 0.3) is 0 Å². The smallest absolute Gasteiger partial charge is 0.224 e. The minimum Gasteiger partial charge on any atom is -0.343 e. The summed E-state index contributed by atoms with van der Waals surface area (Å²) < 4.78 is 25.8. The van der Waals surface area contributed by atoms with Gasteiger partial charge in [0, 0.05) is 24.5 Å². The van der Waals surface area contributed by atoms with Crippen molar-refractivity contribution in [3.8, 4) is 0 Å². The van der Waals surface area contributed by atoms with Crippen molar-refractivity contribution < 1.29 is 13.2 Å². The Balaban J connectivity index is 2.13. The number of benzene rings is 1. The van der Waals surface area contributed by atoms with Crippen molar-refractivity contribution in [3.63, 3.8) is 0 Å². The van der Waals surface area contributed by atoms with Crippen molar-refractivity contribution in [3.05, 3.63) is 34.9 Å². The Labute approximate surface area is 143 Å². The summed E-state index contributed by atoms with van der Waals surface area (Å²) in [6, 6.07) is 6.33. The van der Waals surface area contributed by atoms with Gasteiger partial charge in [0.15, 0.2) is 0 Å². The summed E-state index contributed by atoms with van der Waals surface area (Å²) in [5.41, 5.74) is 0.739. The first-order chi connectivity index (χ1) is 10.8. The maximum Gasteiger partial charge on any atom is 0.224 e. The Bertz CT molecular complexity index is 623. The number of carbonyl (C=O) groups excluding carboxylic acids is 1. The van der Waals surface area contributed by atoms with E-state index in [0.29, 0.717) is 5.02 Å². The largest absolute Gasteiger partial charge is 0.343 e. The summed E-state index contributed by atoms with van der Waals surface area (Å²) >= 11 is 5.88. The highest BCUT2D eigenvalue weighted by Crippen LogP contribution is 2.22. The summed E-state index contributed by atoms with van der Waals surface area (Å²) in [5.74, 6) is -0.0111. The summed E-state index contributed by atoms with van der Waals surface area (Å²) in [5, 5.41) is 0.575. The van der Waals surface area contributed by atoms with Crippen molar-refractivity contribution in [1.29, 1.82) is 0 Å². The third-order valence-corrected chi connectivity index (χ3v) is 4.93. The molecule has 128 valence electrons. The highest BCUT2D eigenvalue weighted by atomic mass is 35.5. The average Bonchev–Trinajstić information content (AvgIpc) is 2.75. The molecule has 1 aromatic carbocycles. The highest BCUT2D eigenvalue weighted by Gasteiger charge is 2.23. The van der Waals surface area contributed by atoms with Crippen LogP contribution < -0.4 is 4.72 Å². The van der Waals surface area contributed by atoms with Crippen LogP contribution in [0.15, 0.2) is 24.3 Å². The fourth-order valence-electron chi connectivity index (χ4n) is 2.80. The first-order valence-electron chi connectivity index (χ1n) is 7.86. The molecule has 5 nitrogen and oxygen atoms in total. The van der Waals surface area contributed by atoms with Crippen molar-refractivity contribution in [1.82, 2.24) is 9.62 Å². The summed E-state index contributed by atoms with van der Waals surface area (Å²) in [7, 11) is -3.42. The maximum absolute atomic E-state index is 12.6. The molecule has 1 saturated heterocycles. The number of amides is 1. The molecule has 0 saturated carbocycles. The molecule has 0 spiro atoms. The van der Waals surface area contributed by atoms with Gasteiger partial charge < -0.3 is 4.90 Å². The van der Waals surface area contributed by atoms with Crippen molar-refractivity contribution >= 4 is 27.5 Å². The molecule has 1 N–H and O–H groups in total. The monoisotopic (exact) mass is 358 g/mol. The van der Waals surface area contributed by atoms with Gasteiger partial charge in [0.2, 0.25) is 15.9 Å². The normalized spacial score (nSPS) is 17.6. The number of halogens is 1. The number of hydrogen-bond acceptors (Lipinski definition) is 3. The summed E-state index contributed by atoms with van der Waals surface area (Å²) in [4.78, 5) is 14.4. The van der Waals surface area contributed by atoms with E-state index in [0.717, 1.165) is 50.6 Å². The molecular formula is C16H23ClN2O3S. The van der Waals surface area contributed by atoms with E-state index in [9.17, 15) is 13.2 Å². The molecule has 1 heterocycles. The fraction of sp³-hybridized carbons (Fsp3) is 0.562. The highest BCUT2D eigenvalue weighted by molar-refractivity contribution is 7.88. The molecule has 1 atom stereocenters. The Kier molecular flexibility index (Phi) is 6.44. The molecule has 1 aliphatic heterocycles. The van der Waals surface area contributed by atoms with Crippen molar-refractivity contribution in [2.75, 3.05) is 19.3 Å². The third kappa shape index (κ3) is 6.12. The number of sulfonamides is 1. The average molecular weight is 359 g/mol. The Morgan fingerprint density at radius 2 is 1.74 bits per heavy atom. The van der Waals surface area contributed by atoms with Crippen molar-refractivity contribution in [2.24, 2.45) is 0 Å². The Morgan fingerprint density at radius 3 is 2.26 bits per heavy atom. The maximum atomic E-state index is 12.6. The third-order valence-electron chi connectivity index (χ3n) is 3.97. The number of hydrogen-bond donors (Lipinski definition) is 1. The lowest BCUT2D eigenvalue weighted by molar-refractivity contribution is -0.131. The molecule has 1 aliphatic rings. The summed E-state index contributed by atoms with van der Waals surface area (Å²) in [6.45, 7) is 1.51. The molecule has 23 heavy (non-hydrogen) atoms. The molecule has 0 aliphatic carbocycles. The van der Waals surface area contributed by atoms with Gasteiger partial charge in [0.05, 0.1) is 12.3 Å². The van der Waals surface area contributed by atoms with Crippen molar-refractivity contribution in [2.45, 2.75) is 38.1 Å². The molecule has 7 heteroatoms. The molecule has 0 aromatic heterocycles. The van der Waals surface area contributed by atoms with Gasteiger partial charge in [-0.05, 0) is 30.5 Å². The van der Waals surface area contributed by atoms with Gasteiger partial charge in [-0.3, -0.25) is 4.79 Å². The van der Waals surface area contributed by atoms with Gasteiger partial charge in [-0.25, -0.2) is 13.1 Å². The first kappa shape index (κ1) is 18.2. The minimum atomic E-state index is -3.42. The molecular weight excluding hydrogens is 336 g/mol. The van der Waals surface area contributed by atoms with Crippen LogP contribution in [-0.4, -0.2) is 38.6 Å². The van der Waals surface area contributed by atoms with E-state index in [1.807, 2.05) is 4.90 Å². The van der Waals surface area contributed by atoms with Crippen LogP contribution in [0, 0.1) is 0 Å². The van der Waals surface area contributed by atoms with Gasteiger partial charge in [0.1, 0.15) is 0 Å². The van der Waals surface area contributed by atoms with Gasteiger partial charge in [-0.1, -0.05) is 36.6 Å². The summed E-state index contributed by atoms with van der Waals surface area (Å²) in [6.07, 6.45) is 5.53. The zero-order valence-corrected chi connectivity index (χ0v) is 14.9. The quantitative estimate of drug-likeness (QED) is 0.880. The predicted molar refractivity (Wildman–Crippen MR) is 91.8 cm³/mol. The molecule has 1 unspecified atom stereocenters. The van der Waals surface area contributed by atoms with Crippen LogP contribution in [0.1, 0.15) is 43.7 Å². The molecule has 0 bridgehead atoms. The lowest BCUT2D eigenvalue weighted by Gasteiger charge is -2.24. The van der Waals surface area contributed by atoms with Crippen LogP contribution in [0.3, 0.4) is 0 Å². The molecule has 0 radical (unpaired) electrons. The minimum absolute atomic E-state index is 0.0111. The van der Waals surface area contributed by atoms with E-state index < -0.39 is 16.1 Å². The SMILES string of the molecule is CS(=O)(=O)NC(CC(=O)N1CCCCCC1)c1ccc(Cl)cc1. The fourth-order valence-corrected chi connectivity index (χ4v) is 3.67. The topological polar surface area (TPSA) is 66.5 Å². The van der Waals surface area contributed by atoms with E-state index in [1.165, 1.54) is 0 Å².